The number of hydrogen-bond acceptors (Lipinski definition) is 3. The zero-order valence-electron chi connectivity index (χ0n) is 12.3. The lowest BCUT2D eigenvalue weighted by Crippen LogP contribution is -2.35. The number of aryl methyl sites for hydroxylation is 2. The lowest BCUT2D eigenvalue weighted by atomic mass is 9.96. The molecule has 0 saturated carbocycles. The third-order valence-electron chi connectivity index (χ3n) is 3.01. The number of carbonyl (C=O) groups is 2. The Labute approximate surface area is 124 Å². The molecule has 1 amide bonds. The zero-order valence-corrected chi connectivity index (χ0v) is 13.1. The predicted octanol–water partition coefficient (Wildman–Crippen LogP) is 2.87. The van der Waals surface area contributed by atoms with Crippen LogP contribution in [0.2, 0.25) is 0 Å². The summed E-state index contributed by atoms with van der Waals surface area (Å²) in [5.41, 5.74) is 1.65. The van der Waals surface area contributed by atoms with Crippen molar-refractivity contribution < 1.29 is 14.7 Å². The fraction of sp³-hybridized carbons (Fsp3) is 0.467. The van der Waals surface area contributed by atoms with Crippen LogP contribution in [0.3, 0.4) is 0 Å². The molecular formula is C15H21NO3S. The van der Waals surface area contributed by atoms with Gasteiger partial charge >= 0.3 is 5.97 Å². The second-order valence-electron chi connectivity index (χ2n) is 4.79. The summed E-state index contributed by atoms with van der Waals surface area (Å²) in [5, 5.41) is 12.2. The van der Waals surface area contributed by atoms with Crippen LogP contribution >= 0.6 is 11.8 Å². The van der Waals surface area contributed by atoms with E-state index in [9.17, 15) is 14.7 Å². The summed E-state index contributed by atoms with van der Waals surface area (Å²) in [6, 6.07) is 3.52. The molecule has 1 aromatic carbocycles. The van der Waals surface area contributed by atoms with Gasteiger partial charge < -0.3 is 10.4 Å². The van der Waals surface area contributed by atoms with Gasteiger partial charge in [0.2, 0.25) is 0 Å². The van der Waals surface area contributed by atoms with Crippen molar-refractivity contribution in [2.45, 2.75) is 33.7 Å². The molecule has 5 heteroatoms. The quantitative estimate of drug-likeness (QED) is 0.847. The molecule has 0 fully saturated rings. The third-order valence-corrected chi connectivity index (χ3v) is 4.16. The zero-order chi connectivity index (χ0) is 15.3. The van der Waals surface area contributed by atoms with Gasteiger partial charge in [0.05, 0.1) is 11.1 Å². The van der Waals surface area contributed by atoms with Gasteiger partial charge in [-0.1, -0.05) is 19.1 Å². The topological polar surface area (TPSA) is 66.4 Å². The summed E-state index contributed by atoms with van der Waals surface area (Å²) in [6.07, 6.45) is 0. The van der Waals surface area contributed by atoms with Gasteiger partial charge in [-0.3, -0.25) is 4.79 Å². The van der Waals surface area contributed by atoms with E-state index < -0.39 is 5.97 Å². The molecule has 0 heterocycles. The highest BCUT2D eigenvalue weighted by Gasteiger charge is 2.22. The van der Waals surface area contributed by atoms with Crippen LogP contribution in [-0.4, -0.2) is 34.5 Å². The van der Waals surface area contributed by atoms with Crippen molar-refractivity contribution in [1.29, 1.82) is 0 Å². The van der Waals surface area contributed by atoms with Gasteiger partial charge in [-0.05, 0) is 37.7 Å². The molecule has 0 saturated heterocycles. The first kappa shape index (κ1) is 16.6. The number of carbonyl (C=O) groups excluding carboxylic acids is 1. The maximum absolute atomic E-state index is 12.3. The lowest BCUT2D eigenvalue weighted by molar-refractivity contribution is 0.0689. The van der Waals surface area contributed by atoms with E-state index in [1.54, 1.807) is 37.7 Å². The fourth-order valence-electron chi connectivity index (χ4n) is 2.01. The number of carboxylic acid groups (broad SMARTS) is 1. The lowest BCUT2D eigenvalue weighted by Gasteiger charge is -2.16. The minimum Gasteiger partial charge on any atom is -0.478 e. The van der Waals surface area contributed by atoms with Gasteiger partial charge in [-0.2, -0.15) is 11.8 Å². The van der Waals surface area contributed by atoms with Gasteiger partial charge in [0, 0.05) is 11.8 Å². The van der Waals surface area contributed by atoms with Crippen molar-refractivity contribution in [3.8, 4) is 0 Å². The van der Waals surface area contributed by atoms with Crippen molar-refractivity contribution in [3.05, 3.63) is 34.4 Å². The third kappa shape index (κ3) is 4.00. The molecule has 0 aliphatic rings. The molecule has 20 heavy (non-hydrogen) atoms. The molecule has 1 aromatic rings. The minimum absolute atomic E-state index is 0.00834. The number of nitrogens with one attached hydrogen (secondary N) is 1. The normalized spacial score (nSPS) is 12.0. The Balaban J connectivity index is 3.03. The molecular weight excluding hydrogens is 274 g/mol. The number of aromatic carboxylic acids is 1. The van der Waals surface area contributed by atoms with Gasteiger partial charge in [-0.15, -0.1) is 0 Å². The van der Waals surface area contributed by atoms with Crippen LogP contribution in [0, 0.1) is 13.8 Å². The molecule has 0 bridgehead atoms. The van der Waals surface area contributed by atoms with Gasteiger partial charge in [0.25, 0.3) is 5.91 Å². The average molecular weight is 295 g/mol. The van der Waals surface area contributed by atoms with Crippen LogP contribution in [0.5, 0.6) is 0 Å². The van der Waals surface area contributed by atoms with Crippen molar-refractivity contribution in [2.24, 2.45) is 0 Å². The van der Waals surface area contributed by atoms with Crippen molar-refractivity contribution in [2.75, 3.05) is 11.5 Å². The number of amides is 1. The van der Waals surface area contributed by atoms with Crippen LogP contribution in [0.25, 0.3) is 0 Å². The molecule has 2 N–H and O–H groups in total. The van der Waals surface area contributed by atoms with Crippen LogP contribution in [0.4, 0.5) is 0 Å². The second-order valence-corrected chi connectivity index (χ2v) is 6.11. The average Bonchev–Trinajstić information content (AvgIpc) is 2.38. The van der Waals surface area contributed by atoms with Crippen LogP contribution < -0.4 is 5.32 Å². The largest absolute Gasteiger partial charge is 0.478 e. The van der Waals surface area contributed by atoms with Crippen molar-refractivity contribution in [1.82, 2.24) is 5.32 Å². The number of carboxylic acids is 1. The van der Waals surface area contributed by atoms with E-state index in [1.165, 1.54) is 0 Å². The maximum Gasteiger partial charge on any atom is 0.336 e. The Morgan fingerprint density at radius 2 is 1.80 bits per heavy atom. The molecule has 1 rings (SSSR count). The molecule has 110 valence electrons. The van der Waals surface area contributed by atoms with E-state index in [-0.39, 0.29) is 23.1 Å². The van der Waals surface area contributed by atoms with E-state index >= 15 is 0 Å². The summed E-state index contributed by atoms with van der Waals surface area (Å²) in [5.74, 6) is 0.430. The van der Waals surface area contributed by atoms with E-state index in [1.807, 2.05) is 6.92 Å². The Bertz CT molecular complexity index is 514. The Hall–Kier alpha value is -1.49. The van der Waals surface area contributed by atoms with E-state index in [2.05, 4.69) is 12.2 Å². The minimum atomic E-state index is -1.06. The Kier molecular flexibility index (Phi) is 6.07. The van der Waals surface area contributed by atoms with Gasteiger partial charge in [-0.25, -0.2) is 4.79 Å². The number of thioether (sulfide) groups is 1. The molecule has 4 nitrogen and oxygen atoms in total. The monoisotopic (exact) mass is 295 g/mol. The SMILES string of the molecule is CCSCC(C)NC(=O)c1c(C)ccc(C)c1C(=O)O. The fourth-order valence-corrected chi connectivity index (χ4v) is 2.68. The molecule has 0 aliphatic heterocycles. The van der Waals surface area contributed by atoms with E-state index in [0.717, 1.165) is 11.5 Å². The number of rotatable bonds is 6. The first-order chi connectivity index (χ1) is 9.38. The Morgan fingerprint density at radius 3 is 2.30 bits per heavy atom. The van der Waals surface area contributed by atoms with E-state index in [4.69, 9.17) is 0 Å². The Morgan fingerprint density at radius 1 is 1.25 bits per heavy atom. The first-order valence-electron chi connectivity index (χ1n) is 6.60. The smallest absolute Gasteiger partial charge is 0.336 e. The number of hydrogen-bond donors (Lipinski definition) is 2. The van der Waals surface area contributed by atoms with Crippen LogP contribution in [0.1, 0.15) is 45.7 Å². The predicted molar refractivity (Wildman–Crippen MR) is 82.8 cm³/mol. The second kappa shape index (κ2) is 7.33. The van der Waals surface area contributed by atoms with Crippen molar-refractivity contribution >= 4 is 23.6 Å². The molecule has 0 aliphatic carbocycles. The summed E-state index contributed by atoms with van der Waals surface area (Å²) < 4.78 is 0. The first-order valence-corrected chi connectivity index (χ1v) is 7.76. The van der Waals surface area contributed by atoms with Gasteiger partial charge in [0.1, 0.15) is 0 Å². The van der Waals surface area contributed by atoms with E-state index in [0.29, 0.717) is 11.1 Å². The maximum atomic E-state index is 12.3. The summed E-state index contributed by atoms with van der Waals surface area (Å²) in [6.45, 7) is 7.45. The molecule has 0 radical (unpaired) electrons. The number of benzene rings is 1. The highest BCUT2D eigenvalue weighted by Crippen LogP contribution is 2.19. The van der Waals surface area contributed by atoms with Crippen LogP contribution in [-0.2, 0) is 0 Å². The van der Waals surface area contributed by atoms with Crippen molar-refractivity contribution in [3.63, 3.8) is 0 Å². The summed E-state index contributed by atoms with van der Waals surface area (Å²) in [4.78, 5) is 23.7. The summed E-state index contributed by atoms with van der Waals surface area (Å²) >= 11 is 1.74. The van der Waals surface area contributed by atoms with Crippen LogP contribution in [0.15, 0.2) is 12.1 Å². The molecule has 0 spiro atoms. The highest BCUT2D eigenvalue weighted by atomic mass is 32.2. The molecule has 1 atom stereocenters. The summed E-state index contributed by atoms with van der Waals surface area (Å²) in [7, 11) is 0. The molecule has 0 aromatic heterocycles. The molecule has 1 unspecified atom stereocenters. The highest BCUT2D eigenvalue weighted by molar-refractivity contribution is 7.99. The standard InChI is InChI=1S/C15H21NO3S/c1-5-20-8-11(4)16-14(17)12-9(2)6-7-10(3)13(12)15(18)19/h6-7,11H,5,8H2,1-4H3,(H,16,17)(H,18,19). The van der Waals surface area contributed by atoms with Gasteiger partial charge in [0.15, 0.2) is 0 Å².